The topological polar surface area (TPSA) is 70.2 Å². The maximum atomic E-state index is 12.4. The van der Waals surface area contributed by atoms with Crippen LogP contribution in [0.5, 0.6) is 0 Å². The molecule has 0 unspecified atom stereocenters. The Morgan fingerprint density at radius 2 is 2.04 bits per heavy atom. The number of carbonyl (C=O) groups excluding carboxylic acids is 1. The minimum absolute atomic E-state index is 0.0953. The number of nitrogens with one attached hydrogen (secondary N) is 1. The summed E-state index contributed by atoms with van der Waals surface area (Å²) < 4.78 is 1.97. The highest BCUT2D eigenvalue weighted by atomic mass is 32.2. The third-order valence-electron chi connectivity index (χ3n) is 3.77. The van der Waals surface area contributed by atoms with Crippen LogP contribution in [0, 0.1) is 24.5 Å². The molecule has 3 rings (SSSR count). The van der Waals surface area contributed by atoms with Crippen molar-refractivity contribution >= 4 is 29.0 Å². The smallest absolute Gasteiger partial charge is 0.230 e. The van der Waals surface area contributed by atoms with E-state index in [-0.39, 0.29) is 12.3 Å². The second-order valence-electron chi connectivity index (χ2n) is 5.47. The highest BCUT2D eigenvalue weighted by molar-refractivity contribution is 8.03. The zero-order valence-corrected chi connectivity index (χ0v) is 14.2. The Hall–Kier alpha value is -2.78. The van der Waals surface area contributed by atoms with Crippen molar-refractivity contribution in [3.05, 3.63) is 59.5 Å². The van der Waals surface area contributed by atoms with Gasteiger partial charge in [-0.3, -0.25) is 4.79 Å². The number of thioether (sulfide) groups is 1. The van der Waals surface area contributed by atoms with Gasteiger partial charge in [0.2, 0.25) is 5.91 Å². The highest BCUT2D eigenvalue weighted by Crippen LogP contribution is 2.20. The van der Waals surface area contributed by atoms with E-state index in [9.17, 15) is 4.79 Å². The number of amides is 1. The molecule has 0 saturated carbocycles. The third kappa shape index (κ3) is 3.26. The molecule has 0 radical (unpaired) electrons. The fourth-order valence-electron chi connectivity index (χ4n) is 2.60. The van der Waals surface area contributed by atoms with E-state index in [0.29, 0.717) is 5.69 Å². The van der Waals surface area contributed by atoms with Gasteiger partial charge in [0.1, 0.15) is 11.0 Å². The Bertz CT molecular complexity index is 938. The molecule has 0 aliphatic rings. The number of hydrogen-bond acceptors (Lipinski definition) is 4. The summed E-state index contributed by atoms with van der Waals surface area (Å²) in [5, 5.41) is 13.6. The maximum absolute atomic E-state index is 12.4. The minimum Gasteiger partial charge on any atom is -0.326 e. The molecule has 6 heteroatoms. The fourth-order valence-corrected chi connectivity index (χ4v) is 2.97. The summed E-state index contributed by atoms with van der Waals surface area (Å²) in [6.45, 7) is 3.93. The molecule has 24 heavy (non-hydrogen) atoms. The van der Waals surface area contributed by atoms with E-state index in [1.165, 1.54) is 0 Å². The van der Waals surface area contributed by atoms with Gasteiger partial charge in [0.15, 0.2) is 0 Å². The van der Waals surface area contributed by atoms with Crippen molar-refractivity contribution in [3.8, 4) is 5.40 Å². The van der Waals surface area contributed by atoms with E-state index >= 15 is 0 Å². The fraction of sp³-hybridized carbons (Fsp3) is 0.167. The van der Waals surface area contributed by atoms with Gasteiger partial charge in [-0.15, -0.1) is 0 Å². The van der Waals surface area contributed by atoms with Crippen LogP contribution in [0.25, 0.3) is 5.65 Å². The van der Waals surface area contributed by atoms with E-state index in [1.54, 1.807) is 12.1 Å². The first-order valence-electron chi connectivity index (χ1n) is 7.47. The quantitative estimate of drug-likeness (QED) is 0.582. The number of imidazole rings is 1. The number of thiocyanates is 1. The van der Waals surface area contributed by atoms with Gasteiger partial charge in [0.05, 0.1) is 17.8 Å². The number of aromatic nitrogens is 2. The second kappa shape index (κ2) is 6.77. The number of hydrogen-bond donors (Lipinski definition) is 1. The summed E-state index contributed by atoms with van der Waals surface area (Å²) in [5.41, 5.74) is 4.43. The largest absolute Gasteiger partial charge is 0.326 e. The summed E-state index contributed by atoms with van der Waals surface area (Å²) in [6, 6.07) is 11.2. The van der Waals surface area contributed by atoms with E-state index in [0.717, 1.165) is 39.3 Å². The summed E-state index contributed by atoms with van der Waals surface area (Å²) in [4.78, 5) is 17.8. The molecule has 2 aromatic heterocycles. The number of rotatable bonds is 4. The second-order valence-corrected chi connectivity index (χ2v) is 6.33. The van der Waals surface area contributed by atoms with Crippen LogP contribution >= 0.6 is 11.8 Å². The number of nitriles is 1. The zero-order valence-electron chi connectivity index (χ0n) is 13.4. The molecule has 0 atom stereocenters. The maximum Gasteiger partial charge on any atom is 0.230 e. The van der Waals surface area contributed by atoms with Crippen LogP contribution in [0.4, 0.5) is 5.69 Å². The SMILES string of the molecule is Cc1nc2c(C)cccn2c1CC(=O)Nc1ccc(SC#N)cc1. The molecule has 0 bridgehead atoms. The molecule has 1 aromatic carbocycles. The van der Waals surface area contributed by atoms with Crippen LogP contribution in [-0.4, -0.2) is 15.3 Å². The summed E-state index contributed by atoms with van der Waals surface area (Å²) in [7, 11) is 0. The van der Waals surface area contributed by atoms with Gasteiger partial charge in [-0.2, -0.15) is 5.26 Å². The molecule has 0 spiro atoms. The van der Waals surface area contributed by atoms with E-state index in [1.807, 2.05) is 54.1 Å². The lowest BCUT2D eigenvalue weighted by Crippen LogP contribution is -2.16. The van der Waals surface area contributed by atoms with Crippen molar-refractivity contribution in [3.63, 3.8) is 0 Å². The molecule has 0 aliphatic heterocycles. The van der Waals surface area contributed by atoms with Crippen LogP contribution in [0.1, 0.15) is 17.0 Å². The van der Waals surface area contributed by atoms with Gasteiger partial charge < -0.3 is 9.72 Å². The molecular weight excluding hydrogens is 320 g/mol. The Balaban J connectivity index is 1.77. The van der Waals surface area contributed by atoms with Gasteiger partial charge in [-0.05, 0) is 61.5 Å². The molecule has 3 aromatic rings. The lowest BCUT2D eigenvalue weighted by atomic mass is 10.2. The number of nitrogens with zero attached hydrogens (tertiary/aromatic N) is 3. The van der Waals surface area contributed by atoms with Gasteiger partial charge in [-0.25, -0.2) is 4.98 Å². The lowest BCUT2D eigenvalue weighted by Gasteiger charge is -2.07. The van der Waals surface area contributed by atoms with Crippen molar-refractivity contribution in [2.24, 2.45) is 0 Å². The molecule has 0 saturated heterocycles. The summed E-state index contributed by atoms with van der Waals surface area (Å²) in [5.74, 6) is -0.0953. The molecule has 0 fully saturated rings. The van der Waals surface area contributed by atoms with Crippen LogP contribution in [0.3, 0.4) is 0 Å². The van der Waals surface area contributed by atoms with E-state index in [4.69, 9.17) is 5.26 Å². The Kier molecular flexibility index (Phi) is 4.54. The average Bonchev–Trinajstić information content (AvgIpc) is 2.87. The number of carbonyl (C=O) groups is 1. The van der Waals surface area contributed by atoms with Crippen molar-refractivity contribution in [2.45, 2.75) is 25.2 Å². The Morgan fingerprint density at radius 3 is 2.75 bits per heavy atom. The number of anilines is 1. The van der Waals surface area contributed by atoms with Crippen LogP contribution in [0.15, 0.2) is 47.5 Å². The van der Waals surface area contributed by atoms with Gasteiger partial charge in [0, 0.05) is 16.8 Å². The Morgan fingerprint density at radius 1 is 1.29 bits per heavy atom. The molecule has 2 heterocycles. The van der Waals surface area contributed by atoms with Gasteiger partial charge >= 0.3 is 0 Å². The third-order valence-corrected chi connectivity index (χ3v) is 4.37. The molecule has 120 valence electrons. The summed E-state index contributed by atoms with van der Waals surface area (Å²) >= 11 is 1.09. The molecule has 1 N–H and O–H groups in total. The van der Waals surface area contributed by atoms with Gasteiger partial charge in [-0.1, -0.05) is 6.07 Å². The first kappa shape index (κ1) is 16.1. The van der Waals surface area contributed by atoms with Crippen LogP contribution in [-0.2, 0) is 11.2 Å². The first-order valence-corrected chi connectivity index (χ1v) is 8.29. The summed E-state index contributed by atoms with van der Waals surface area (Å²) in [6.07, 6.45) is 2.18. The molecule has 1 amide bonds. The Labute approximate surface area is 144 Å². The van der Waals surface area contributed by atoms with E-state index < -0.39 is 0 Å². The van der Waals surface area contributed by atoms with Crippen molar-refractivity contribution in [1.82, 2.24) is 9.38 Å². The van der Waals surface area contributed by atoms with Crippen LogP contribution < -0.4 is 5.32 Å². The normalized spacial score (nSPS) is 10.5. The molecule has 0 aliphatic carbocycles. The lowest BCUT2D eigenvalue weighted by molar-refractivity contribution is -0.115. The number of pyridine rings is 1. The van der Waals surface area contributed by atoms with Gasteiger partial charge in [0.25, 0.3) is 0 Å². The van der Waals surface area contributed by atoms with E-state index in [2.05, 4.69) is 10.3 Å². The number of fused-ring (bicyclic) bond motifs is 1. The monoisotopic (exact) mass is 336 g/mol. The molecular formula is C18H16N4OS. The predicted molar refractivity (Wildman–Crippen MR) is 94.9 cm³/mol. The molecule has 5 nitrogen and oxygen atoms in total. The predicted octanol–water partition coefficient (Wildman–Crippen LogP) is 3.71. The van der Waals surface area contributed by atoms with Crippen molar-refractivity contribution in [1.29, 1.82) is 5.26 Å². The highest BCUT2D eigenvalue weighted by Gasteiger charge is 2.14. The number of benzene rings is 1. The van der Waals surface area contributed by atoms with Crippen LogP contribution in [0.2, 0.25) is 0 Å². The van der Waals surface area contributed by atoms with Crippen molar-refractivity contribution < 1.29 is 4.79 Å². The minimum atomic E-state index is -0.0953. The average molecular weight is 336 g/mol. The first-order chi connectivity index (χ1) is 11.6. The number of aryl methyl sites for hydroxylation is 2. The zero-order chi connectivity index (χ0) is 17.1. The van der Waals surface area contributed by atoms with Crippen molar-refractivity contribution in [2.75, 3.05) is 5.32 Å². The standard InChI is InChI=1S/C18H16N4OS/c1-12-4-3-9-22-16(13(2)20-18(12)22)10-17(23)21-14-5-7-15(8-6-14)24-11-19/h3-9H,10H2,1-2H3,(H,21,23).